The van der Waals surface area contributed by atoms with Crippen molar-refractivity contribution in [3.05, 3.63) is 28.8 Å². The predicted octanol–water partition coefficient (Wildman–Crippen LogP) is 2.99. The van der Waals surface area contributed by atoms with E-state index in [0.717, 1.165) is 19.6 Å². The minimum Gasteiger partial charge on any atom is -0.492 e. The Bertz CT molecular complexity index is 458. The molecule has 20 heavy (non-hydrogen) atoms. The molecular weight excluding hydrogens is 278 g/mol. The van der Waals surface area contributed by atoms with Gasteiger partial charge >= 0.3 is 5.97 Å². The van der Waals surface area contributed by atoms with Crippen molar-refractivity contribution in [2.45, 2.75) is 19.8 Å². The number of hydrogen-bond acceptors (Lipinski definition) is 4. The van der Waals surface area contributed by atoms with E-state index in [1.807, 2.05) is 0 Å². The van der Waals surface area contributed by atoms with E-state index < -0.39 is 5.97 Å². The number of halogens is 1. The number of nitrogens with zero attached hydrogens (tertiary/aromatic N) is 1. The Balaban J connectivity index is 1.86. The molecule has 0 unspecified atom stereocenters. The molecule has 0 amide bonds. The molecule has 4 nitrogen and oxygen atoms in total. The molecule has 0 saturated carbocycles. The van der Waals surface area contributed by atoms with Gasteiger partial charge in [-0.2, -0.15) is 0 Å². The van der Waals surface area contributed by atoms with Gasteiger partial charge in [-0.05, 0) is 51.1 Å². The first kappa shape index (κ1) is 15.1. The van der Waals surface area contributed by atoms with E-state index in [9.17, 15) is 4.79 Å². The molecule has 0 radical (unpaired) electrons. The van der Waals surface area contributed by atoms with Gasteiger partial charge in [-0.3, -0.25) is 4.90 Å². The minimum absolute atomic E-state index is 0.337. The van der Waals surface area contributed by atoms with E-state index in [1.54, 1.807) is 25.1 Å². The van der Waals surface area contributed by atoms with Crippen molar-refractivity contribution in [2.24, 2.45) is 0 Å². The zero-order valence-corrected chi connectivity index (χ0v) is 12.5. The van der Waals surface area contributed by atoms with Crippen LogP contribution in [0, 0.1) is 0 Å². The molecule has 110 valence electrons. The van der Waals surface area contributed by atoms with E-state index in [0.29, 0.717) is 29.5 Å². The van der Waals surface area contributed by atoms with E-state index in [1.165, 1.54) is 12.8 Å². The third-order valence-corrected chi connectivity index (χ3v) is 3.62. The van der Waals surface area contributed by atoms with Crippen LogP contribution < -0.4 is 4.74 Å². The summed E-state index contributed by atoms with van der Waals surface area (Å²) in [5, 5.41) is 0.363. The van der Waals surface area contributed by atoms with Gasteiger partial charge in [0.05, 0.1) is 17.2 Å². The van der Waals surface area contributed by atoms with Gasteiger partial charge in [0, 0.05) is 6.54 Å². The summed E-state index contributed by atoms with van der Waals surface area (Å²) in [7, 11) is 0. The topological polar surface area (TPSA) is 38.8 Å². The second kappa shape index (κ2) is 7.50. The predicted molar refractivity (Wildman–Crippen MR) is 78.6 cm³/mol. The molecular formula is C15H20ClNO3. The van der Waals surface area contributed by atoms with Crippen molar-refractivity contribution in [2.75, 3.05) is 32.8 Å². The maximum Gasteiger partial charge on any atom is 0.339 e. The summed E-state index contributed by atoms with van der Waals surface area (Å²) in [5.74, 6) is 0.281. The lowest BCUT2D eigenvalue weighted by Gasteiger charge is -2.15. The fourth-order valence-electron chi connectivity index (χ4n) is 2.26. The molecule has 1 aliphatic rings. The van der Waals surface area contributed by atoms with Gasteiger partial charge in [0.15, 0.2) is 0 Å². The lowest BCUT2D eigenvalue weighted by Crippen LogP contribution is -2.25. The van der Waals surface area contributed by atoms with Crippen LogP contribution in [0.4, 0.5) is 0 Å². The molecule has 0 atom stereocenters. The van der Waals surface area contributed by atoms with Crippen LogP contribution in [0.2, 0.25) is 5.02 Å². The first-order valence-electron chi connectivity index (χ1n) is 7.02. The number of benzene rings is 1. The molecule has 1 aliphatic heterocycles. The molecule has 2 rings (SSSR count). The second-order valence-corrected chi connectivity index (χ2v) is 5.17. The monoisotopic (exact) mass is 297 g/mol. The number of rotatable bonds is 6. The molecule has 0 bridgehead atoms. The fraction of sp³-hybridized carbons (Fsp3) is 0.533. The van der Waals surface area contributed by atoms with Crippen molar-refractivity contribution in [3.63, 3.8) is 0 Å². The van der Waals surface area contributed by atoms with Crippen LogP contribution in [0.1, 0.15) is 30.1 Å². The SMILES string of the molecule is CCOC(=O)c1ccc(OCCN2CCCC2)cc1Cl. The summed E-state index contributed by atoms with van der Waals surface area (Å²) < 4.78 is 10.6. The summed E-state index contributed by atoms with van der Waals surface area (Å²) in [6, 6.07) is 5.06. The molecule has 1 heterocycles. The van der Waals surface area contributed by atoms with Gasteiger partial charge in [-0.1, -0.05) is 11.6 Å². The number of esters is 1. The Morgan fingerprint density at radius 2 is 2.10 bits per heavy atom. The quantitative estimate of drug-likeness (QED) is 0.757. The Labute approximate surface area is 124 Å². The first-order chi connectivity index (χ1) is 9.70. The van der Waals surface area contributed by atoms with Gasteiger partial charge in [0.1, 0.15) is 12.4 Å². The van der Waals surface area contributed by atoms with Gasteiger partial charge in [0.2, 0.25) is 0 Å². The van der Waals surface area contributed by atoms with Crippen LogP contribution in [-0.4, -0.2) is 43.7 Å². The largest absolute Gasteiger partial charge is 0.492 e. The molecule has 0 spiro atoms. The molecule has 1 fully saturated rings. The van der Waals surface area contributed by atoms with Gasteiger partial charge in [0.25, 0.3) is 0 Å². The summed E-state index contributed by atoms with van der Waals surface area (Å²) in [6.45, 7) is 5.98. The molecule has 1 aromatic carbocycles. The van der Waals surface area contributed by atoms with Crippen LogP contribution in [0.15, 0.2) is 18.2 Å². The summed E-state index contributed by atoms with van der Waals surface area (Å²) >= 11 is 6.07. The molecule has 0 N–H and O–H groups in total. The van der Waals surface area contributed by atoms with Crippen molar-refractivity contribution in [3.8, 4) is 5.75 Å². The smallest absolute Gasteiger partial charge is 0.339 e. The fourth-order valence-corrected chi connectivity index (χ4v) is 2.51. The number of hydrogen-bond donors (Lipinski definition) is 0. The number of carbonyl (C=O) groups excluding carboxylic acids is 1. The van der Waals surface area contributed by atoms with E-state index in [4.69, 9.17) is 21.1 Å². The standard InChI is InChI=1S/C15H20ClNO3/c1-2-19-15(18)13-6-5-12(11-14(13)16)20-10-9-17-7-3-4-8-17/h5-6,11H,2-4,7-10H2,1H3. The van der Waals surface area contributed by atoms with Crippen LogP contribution in [-0.2, 0) is 4.74 Å². The van der Waals surface area contributed by atoms with Gasteiger partial charge in [-0.15, -0.1) is 0 Å². The molecule has 0 aliphatic carbocycles. The number of carbonyl (C=O) groups is 1. The summed E-state index contributed by atoms with van der Waals surface area (Å²) in [4.78, 5) is 14.0. The number of likely N-dealkylation sites (tertiary alicyclic amines) is 1. The second-order valence-electron chi connectivity index (χ2n) is 4.76. The summed E-state index contributed by atoms with van der Waals surface area (Å²) in [5.41, 5.74) is 0.375. The summed E-state index contributed by atoms with van der Waals surface area (Å²) in [6.07, 6.45) is 2.56. The zero-order valence-electron chi connectivity index (χ0n) is 11.7. The molecule has 0 aromatic heterocycles. The first-order valence-corrected chi connectivity index (χ1v) is 7.40. The zero-order chi connectivity index (χ0) is 14.4. The highest BCUT2D eigenvalue weighted by atomic mass is 35.5. The minimum atomic E-state index is -0.402. The highest BCUT2D eigenvalue weighted by Gasteiger charge is 2.13. The lowest BCUT2D eigenvalue weighted by atomic mass is 10.2. The number of ether oxygens (including phenoxy) is 2. The Morgan fingerprint density at radius 1 is 1.35 bits per heavy atom. The van der Waals surface area contributed by atoms with Gasteiger partial charge < -0.3 is 9.47 Å². The van der Waals surface area contributed by atoms with E-state index in [-0.39, 0.29) is 0 Å². The van der Waals surface area contributed by atoms with Gasteiger partial charge in [-0.25, -0.2) is 4.79 Å². The maximum absolute atomic E-state index is 11.6. The van der Waals surface area contributed by atoms with Crippen molar-refractivity contribution in [1.82, 2.24) is 4.90 Å². The van der Waals surface area contributed by atoms with Crippen molar-refractivity contribution >= 4 is 17.6 Å². The Kier molecular flexibility index (Phi) is 5.68. The highest BCUT2D eigenvalue weighted by molar-refractivity contribution is 6.33. The molecule has 1 saturated heterocycles. The third kappa shape index (κ3) is 4.12. The normalized spacial score (nSPS) is 15.3. The maximum atomic E-state index is 11.6. The van der Waals surface area contributed by atoms with Crippen LogP contribution >= 0.6 is 11.6 Å². The third-order valence-electron chi connectivity index (χ3n) is 3.31. The van der Waals surface area contributed by atoms with E-state index in [2.05, 4.69) is 4.90 Å². The van der Waals surface area contributed by atoms with Crippen LogP contribution in [0.3, 0.4) is 0 Å². The average Bonchev–Trinajstić information content (AvgIpc) is 2.92. The average molecular weight is 298 g/mol. The van der Waals surface area contributed by atoms with E-state index >= 15 is 0 Å². The van der Waals surface area contributed by atoms with Crippen molar-refractivity contribution in [1.29, 1.82) is 0 Å². The Morgan fingerprint density at radius 3 is 2.75 bits per heavy atom. The lowest BCUT2D eigenvalue weighted by molar-refractivity contribution is 0.0526. The molecule has 1 aromatic rings. The van der Waals surface area contributed by atoms with Crippen molar-refractivity contribution < 1.29 is 14.3 Å². The Hall–Kier alpha value is -1.26. The highest BCUT2D eigenvalue weighted by Crippen LogP contribution is 2.23. The van der Waals surface area contributed by atoms with Crippen LogP contribution in [0.25, 0.3) is 0 Å². The van der Waals surface area contributed by atoms with Crippen LogP contribution in [0.5, 0.6) is 5.75 Å². The molecule has 5 heteroatoms.